The summed E-state index contributed by atoms with van der Waals surface area (Å²) in [6.45, 7) is 4.87. The Morgan fingerprint density at radius 1 is 1.03 bits per heavy atom. The molecule has 0 spiro atoms. The Bertz CT molecular complexity index is 1150. The van der Waals surface area contributed by atoms with Gasteiger partial charge in [0.15, 0.2) is 11.6 Å². The molecule has 3 atom stereocenters. The molecule has 8 nitrogen and oxygen atoms in total. The Hall–Kier alpha value is -3.29. The smallest absolute Gasteiger partial charge is 0.319 e. The molecule has 0 saturated heterocycles. The van der Waals surface area contributed by atoms with Crippen molar-refractivity contribution in [3.63, 3.8) is 0 Å². The number of phenols is 1. The fourth-order valence-corrected chi connectivity index (χ4v) is 5.89. The lowest BCUT2D eigenvalue weighted by Crippen LogP contribution is -2.42. The van der Waals surface area contributed by atoms with Gasteiger partial charge in [0.05, 0.1) is 12.8 Å². The predicted molar refractivity (Wildman–Crippen MR) is 126 cm³/mol. The highest BCUT2D eigenvalue weighted by Crippen LogP contribution is 2.58. The van der Waals surface area contributed by atoms with Crippen LogP contribution in [0, 0.1) is 10.8 Å². The molecule has 0 amide bonds. The Morgan fingerprint density at radius 2 is 1.79 bits per heavy atom. The van der Waals surface area contributed by atoms with Gasteiger partial charge in [0.2, 0.25) is 0 Å². The first kappa shape index (κ1) is 21.6. The van der Waals surface area contributed by atoms with Crippen molar-refractivity contribution in [2.45, 2.75) is 52.0 Å². The van der Waals surface area contributed by atoms with Crippen LogP contribution in [0.1, 0.15) is 46.0 Å². The summed E-state index contributed by atoms with van der Waals surface area (Å²) in [4.78, 5) is 14.6. The molecule has 8 heteroatoms. The molecule has 2 aliphatic carbocycles. The molecule has 0 aliphatic heterocycles. The molecule has 3 aromatic rings. The van der Waals surface area contributed by atoms with Gasteiger partial charge in [-0.1, -0.05) is 19.9 Å². The first-order valence-corrected chi connectivity index (χ1v) is 11.4. The summed E-state index contributed by atoms with van der Waals surface area (Å²) < 4.78 is 5.05. The van der Waals surface area contributed by atoms with Crippen molar-refractivity contribution >= 4 is 5.82 Å². The second-order valence-corrected chi connectivity index (χ2v) is 10.3. The minimum absolute atomic E-state index is 0.0898. The van der Waals surface area contributed by atoms with E-state index in [-0.39, 0.29) is 11.8 Å². The molecule has 5 rings (SSSR count). The van der Waals surface area contributed by atoms with E-state index in [4.69, 9.17) is 4.74 Å². The van der Waals surface area contributed by atoms with Crippen molar-refractivity contribution in [2.24, 2.45) is 10.8 Å². The van der Waals surface area contributed by atoms with Crippen molar-refractivity contribution < 1.29 is 9.84 Å². The third-order valence-corrected chi connectivity index (χ3v) is 7.47. The fourth-order valence-electron chi connectivity index (χ4n) is 5.89. The zero-order valence-corrected chi connectivity index (χ0v) is 19.6. The summed E-state index contributed by atoms with van der Waals surface area (Å²) in [7, 11) is 3.62. The largest absolute Gasteiger partial charge is 0.507 e. The number of anilines is 1. The van der Waals surface area contributed by atoms with Crippen molar-refractivity contribution in [3.8, 4) is 34.4 Å². The highest BCUT2D eigenvalue weighted by molar-refractivity contribution is 5.72. The second-order valence-electron chi connectivity index (χ2n) is 10.3. The van der Waals surface area contributed by atoms with E-state index in [2.05, 4.69) is 50.9 Å². The minimum Gasteiger partial charge on any atom is -0.507 e. The number of rotatable bonds is 5. The third-order valence-electron chi connectivity index (χ3n) is 7.47. The summed E-state index contributed by atoms with van der Waals surface area (Å²) in [6.07, 6.45) is 7.77. The summed E-state index contributed by atoms with van der Waals surface area (Å²) in [5.74, 6) is 1.38. The van der Waals surface area contributed by atoms with E-state index in [0.29, 0.717) is 39.5 Å². The highest BCUT2D eigenvalue weighted by atomic mass is 16.5. The van der Waals surface area contributed by atoms with E-state index in [9.17, 15) is 5.11 Å². The SMILES string of the molecule is COc1ncnc(-c2ccc(-c3ccc(N(C)[C@H]4C[C@]5(C)CC[C@](C)(C4)C5)nn3)c(O)c2)n1. The number of hydrogen-bond acceptors (Lipinski definition) is 8. The van der Waals surface area contributed by atoms with E-state index in [1.165, 1.54) is 45.5 Å². The number of nitrogens with zero attached hydrogens (tertiary/aromatic N) is 6. The fraction of sp³-hybridized carbons (Fsp3) is 0.480. The van der Waals surface area contributed by atoms with E-state index in [0.717, 1.165) is 5.82 Å². The van der Waals surface area contributed by atoms with Gasteiger partial charge in [-0.15, -0.1) is 10.2 Å². The van der Waals surface area contributed by atoms with Crippen LogP contribution < -0.4 is 9.64 Å². The summed E-state index contributed by atoms with van der Waals surface area (Å²) in [6, 6.07) is 9.86. The molecule has 0 unspecified atom stereocenters. The molecule has 2 aliphatic rings. The maximum atomic E-state index is 10.7. The molecule has 2 aromatic heterocycles. The van der Waals surface area contributed by atoms with Gasteiger partial charge in [0.1, 0.15) is 12.1 Å². The summed E-state index contributed by atoms with van der Waals surface area (Å²) in [5.41, 5.74) is 2.77. The summed E-state index contributed by atoms with van der Waals surface area (Å²) >= 11 is 0. The highest BCUT2D eigenvalue weighted by Gasteiger charge is 2.49. The molecule has 2 saturated carbocycles. The monoisotopic (exact) mass is 446 g/mol. The molecule has 2 heterocycles. The number of aromatic nitrogens is 5. The van der Waals surface area contributed by atoms with Gasteiger partial charge in [0, 0.05) is 24.2 Å². The van der Waals surface area contributed by atoms with Crippen molar-refractivity contribution in [1.82, 2.24) is 25.1 Å². The van der Waals surface area contributed by atoms with Crippen LogP contribution in [0.3, 0.4) is 0 Å². The van der Waals surface area contributed by atoms with Crippen molar-refractivity contribution in [1.29, 1.82) is 0 Å². The number of aromatic hydroxyl groups is 1. The number of fused-ring (bicyclic) bond motifs is 2. The Morgan fingerprint density at radius 3 is 2.42 bits per heavy atom. The van der Waals surface area contributed by atoms with Crippen LogP contribution in [0.15, 0.2) is 36.7 Å². The minimum atomic E-state index is 0.0898. The predicted octanol–water partition coefficient (Wildman–Crippen LogP) is 4.50. The number of hydrogen-bond donors (Lipinski definition) is 1. The van der Waals surface area contributed by atoms with Crippen LogP contribution in [0.5, 0.6) is 11.8 Å². The number of methoxy groups -OCH3 is 1. The first-order chi connectivity index (χ1) is 15.8. The van der Waals surface area contributed by atoms with Crippen LogP contribution in [-0.4, -0.2) is 50.5 Å². The molecule has 33 heavy (non-hydrogen) atoms. The van der Waals surface area contributed by atoms with Crippen LogP contribution in [-0.2, 0) is 0 Å². The first-order valence-electron chi connectivity index (χ1n) is 11.4. The van der Waals surface area contributed by atoms with E-state index < -0.39 is 0 Å². The molecule has 172 valence electrons. The molecule has 2 bridgehead atoms. The molecule has 1 aromatic carbocycles. The van der Waals surface area contributed by atoms with Gasteiger partial charge in [-0.2, -0.15) is 9.97 Å². The zero-order chi connectivity index (χ0) is 23.2. The van der Waals surface area contributed by atoms with Gasteiger partial charge in [-0.25, -0.2) is 4.98 Å². The average molecular weight is 447 g/mol. The average Bonchev–Trinajstić information content (AvgIpc) is 3.05. The van der Waals surface area contributed by atoms with Gasteiger partial charge < -0.3 is 14.7 Å². The Kier molecular flexibility index (Phi) is 5.18. The molecule has 0 radical (unpaired) electrons. The topological polar surface area (TPSA) is 97.2 Å². The van der Waals surface area contributed by atoms with Crippen LogP contribution in [0.2, 0.25) is 0 Å². The molecule has 2 fully saturated rings. The van der Waals surface area contributed by atoms with Gasteiger partial charge >= 0.3 is 6.01 Å². The lowest BCUT2D eigenvalue weighted by molar-refractivity contribution is 0.148. The Labute approximate surface area is 194 Å². The number of phenolic OH excluding ortho intramolecular Hbond substituents is 1. The standard InChI is InChI=1S/C25H30N6O2/c1-24-9-10-25(2,14-24)13-17(12-24)31(3)21-8-7-19(29-30-21)18-6-5-16(11-20(18)32)22-26-15-27-23(28-22)33-4/h5-8,11,15,17,32H,9-10,12-14H2,1-4H3/t17-,24-,25+. The van der Waals surface area contributed by atoms with Crippen LogP contribution >= 0.6 is 0 Å². The molecular weight excluding hydrogens is 416 g/mol. The van der Waals surface area contributed by atoms with Crippen molar-refractivity contribution in [3.05, 3.63) is 36.7 Å². The van der Waals surface area contributed by atoms with E-state index >= 15 is 0 Å². The second kappa shape index (κ2) is 7.93. The quantitative estimate of drug-likeness (QED) is 0.612. The maximum absolute atomic E-state index is 10.7. The van der Waals surface area contributed by atoms with Gasteiger partial charge in [-0.3, -0.25) is 0 Å². The van der Waals surface area contributed by atoms with E-state index in [1.54, 1.807) is 12.1 Å². The van der Waals surface area contributed by atoms with Crippen LogP contribution in [0.4, 0.5) is 5.82 Å². The zero-order valence-electron chi connectivity index (χ0n) is 19.6. The summed E-state index contributed by atoms with van der Waals surface area (Å²) in [5, 5.41) is 19.6. The van der Waals surface area contributed by atoms with Crippen LogP contribution in [0.25, 0.3) is 22.6 Å². The molecular formula is C25H30N6O2. The molecule has 1 N–H and O–H groups in total. The lowest BCUT2D eigenvalue weighted by Gasteiger charge is -2.44. The van der Waals surface area contributed by atoms with Crippen molar-refractivity contribution in [2.75, 3.05) is 19.1 Å². The number of ether oxygens (including phenoxy) is 1. The van der Waals surface area contributed by atoms with E-state index in [1.807, 2.05) is 18.2 Å². The maximum Gasteiger partial charge on any atom is 0.319 e. The van der Waals surface area contributed by atoms with Gasteiger partial charge in [-0.05, 0) is 67.2 Å². The third kappa shape index (κ3) is 4.10. The normalized spacial score (nSPS) is 26.2. The van der Waals surface area contributed by atoms with Gasteiger partial charge in [0.25, 0.3) is 0 Å². The Balaban J connectivity index is 1.35. The number of benzene rings is 1. The lowest BCUT2D eigenvalue weighted by atomic mass is 9.68.